The molecule has 0 fully saturated rings. The molecule has 0 amide bonds. The van der Waals surface area contributed by atoms with Gasteiger partial charge in [0.25, 0.3) is 0 Å². The molecule has 7 rings (SSSR count). The third-order valence-corrected chi connectivity index (χ3v) is 8.64. The number of benzene rings is 5. The molecule has 0 N–H and O–H groups in total. The first-order chi connectivity index (χ1) is 21.0. The predicted octanol–water partition coefficient (Wildman–Crippen LogP) is 8.34. The van der Waals surface area contributed by atoms with Crippen molar-refractivity contribution in [2.45, 2.75) is 25.3 Å². The molecule has 2 atom stereocenters. The summed E-state index contributed by atoms with van der Waals surface area (Å²) in [7, 11) is 1.67. The number of hydrogen-bond donors (Lipinski definition) is 0. The molecule has 4 heteroatoms. The number of carbonyl (C=O) groups excluding carboxylic acids is 1. The van der Waals surface area contributed by atoms with Crippen LogP contribution in [0.2, 0.25) is 0 Å². The fourth-order valence-corrected chi connectivity index (χ4v) is 6.51. The molecule has 1 spiro atoms. The van der Waals surface area contributed by atoms with Crippen molar-refractivity contribution in [3.8, 4) is 5.75 Å². The Hall–Kier alpha value is -5.22. The summed E-state index contributed by atoms with van der Waals surface area (Å²) in [5.74, 6) is 0.435. The van der Waals surface area contributed by atoms with Crippen LogP contribution in [0.25, 0.3) is 11.6 Å². The zero-order chi connectivity index (χ0) is 29.6. The van der Waals surface area contributed by atoms with Crippen molar-refractivity contribution < 1.29 is 9.53 Å². The van der Waals surface area contributed by atoms with Gasteiger partial charge in [0.15, 0.2) is 11.3 Å². The number of para-hydroxylation sites is 1. The highest BCUT2D eigenvalue weighted by molar-refractivity contribution is 6.36. The number of Topliss-reactive ketones (excluding diaryl/α,β-unsaturated/α-hetero) is 1. The number of nitrogens with zero attached hydrogens (tertiary/aromatic N) is 2. The Bertz CT molecular complexity index is 1870. The summed E-state index contributed by atoms with van der Waals surface area (Å²) in [6.45, 7) is 4.16. The SMILES string of the molecule is COc1ccc(C2=NN(c3ccccc3)[C@]3(C(=O)/C(=C/c4ccc(C)cc4)c4ccccc43)[C@@H]2c2ccc(C)cc2)cc1. The summed E-state index contributed by atoms with van der Waals surface area (Å²) < 4.78 is 5.47. The molecular formula is C39H32N2O2. The summed E-state index contributed by atoms with van der Waals surface area (Å²) in [5, 5.41) is 7.34. The minimum atomic E-state index is -1.13. The molecule has 1 aliphatic carbocycles. The van der Waals surface area contributed by atoms with E-state index in [0.717, 1.165) is 50.5 Å². The summed E-state index contributed by atoms with van der Waals surface area (Å²) in [5.41, 5.74) is 8.51. The zero-order valence-electron chi connectivity index (χ0n) is 24.5. The number of ketones is 1. The maximum Gasteiger partial charge on any atom is 0.196 e. The van der Waals surface area contributed by atoms with Crippen LogP contribution in [0.4, 0.5) is 5.69 Å². The van der Waals surface area contributed by atoms with Crippen LogP contribution < -0.4 is 9.75 Å². The van der Waals surface area contributed by atoms with Gasteiger partial charge in [-0.15, -0.1) is 0 Å². The minimum absolute atomic E-state index is 0.0379. The molecule has 1 aliphatic heterocycles. The Kier molecular flexibility index (Phi) is 6.55. The van der Waals surface area contributed by atoms with Gasteiger partial charge >= 0.3 is 0 Å². The molecule has 0 aromatic heterocycles. The van der Waals surface area contributed by atoms with Crippen molar-refractivity contribution >= 4 is 28.8 Å². The van der Waals surface area contributed by atoms with Gasteiger partial charge in [-0.25, -0.2) is 5.01 Å². The maximum atomic E-state index is 15.4. The highest BCUT2D eigenvalue weighted by atomic mass is 16.5. The molecule has 0 unspecified atom stereocenters. The molecule has 4 nitrogen and oxygen atoms in total. The molecule has 0 radical (unpaired) electrons. The first-order valence-corrected chi connectivity index (χ1v) is 14.6. The van der Waals surface area contributed by atoms with Gasteiger partial charge in [0.2, 0.25) is 0 Å². The summed E-state index contributed by atoms with van der Waals surface area (Å²) in [6, 6.07) is 43.1. The van der Waals surface area contributed by atoms with E-state index >= 15 is 4.79 Å². The van der Waals surface area contributed by atoms with Crippen molar-refractivity contribution in [2.24, 2.45) is 5.10 Å². The highest BCUT2D eigenvalue weighted by Gasteiger charge is 2.63. The molecule has 1 heterocycles. The summed E-state index contributed by atoms with van der Waals surface area (Å²) in [4.78, 5) is 15.4. The number of rotatable bonds is 5. The van der Waals surface area contributed by atoms with E-state index in [1.807, 2.05) is 77.8 Å². The Morgan fingerprint density at radius 2 is 1.37 bits per heavy atom. The Morgan fingerprint density at radius 3 is 2.05 bits per heavy atom. The molecule has 0 bridgehead atoms. The smallest absolute Gasteiger partial charge is 0.196 e. The molecule has 5 aromatic rings. The monoisotopic (exact) mass is 560 g/mol. The lowest BCUT2D eigenvalue weighted by Crippen LogP contribution is -2.49. The second kappa shape index (κ2) is 10.6. The normalized spacial score (nSPS) is 20.0. The van der Waals surface area contributed by atoms with Crippen LogP contribution in [-0.2, 0) is 10.3 Å². The average Bonchev–Trinajstić information content (AvgIpc) is 3.53. The lowest BCUT2D eigenvalue weighted by Gasteiger charge is -2.38. The van der Waals surface area contributed by atoms with E-state index in [4.69, 9.17) is 9.84 Å². The van der Waals surface area contributed by atoms with E-state index in [-0.39, 0.29) is 11.7 Å². The Labute approximate surface area is 252 Å². The van der Waals surface area contributed by atoms with Gasteiger partial charge in [0.1, 0.15) is 5.75 Å². The van der Waals surface area contributed by atoms with Crippen LogP contribution in [0.1, 0.15) is 44.9 Å². The molecule has 2 aliphatic rings. The molecular weight excluding hydrogens is 528 g/mol. The van der Waals surface area contributed by atoms with E-state index in [2.05, 4.69) is 74.5 Å². The zero-order valence-corrected chi connectivity index (χ0v) is 24.5. The summed E-state index contributed by atoms with van der Waals surface area (Å²) in [6.07, 6.45) is 2.04. The highest BCUT2D eigenvalue weighted by Crippen LogP contribution is 2.58. The largest absolute Gasteiger partial charge is 0.497 e. The van der Waals surface area contributed by atoms with Crippen LogP contribution in [0.3, 0.4) is 0 Å². The topological polar surface area (TPSA) is 41.9 Å². The van der Waals surface area contributed by atoms with Gasteiger partial charge in [0.05, 0.1) is 24.4 Å². The Morgan fingerprint density at radius 1 is 0.744 bits per heavy atom. The molecule has 0 saturated heterocycles. The first kappa shape index (κ1) is 26.7. The van der Waals surface area contributed by atoms with E-state index in [9.17, 15) is 0 Å². The number of ether oxygens (including phenoxy) is 1. The van der Waals surface area contributed by atoms with E-state index in [0.29, 0.717) is 5.57 Å². The quantitative estimate of drug-likeness (QED) is 0.203. The fourth-order valence-electron chi connectivity index (χ4n) is 6.51. The Balaban J connectivity index is 1.53. The van der Waals surface area contributed by atoms with Crippen molar-refractivity contribution in [1.82, 2.24) is 0 Å². The van der Waals surface area contributed by atoms with Gasteiger partial charge < -0.3 is 4.74 Å². The average molecular weight is 561 g/mol. The van der Waals surface area contributed by atoms with Gasteiger partial charge in [-0.05, 0) is 84.1 Å². The third-order valence-electron chi connectivity index (χ3n) is 8.64. The van der Waals surface area contributed by atoms with Crippen LogP contribution in [-0.4, -0.2) is 18.6 Å². The maximum absolute atomic E-state index is 15.4. The minimum Gasteiger partial charge on any atom is -0.497 e. The summed E-state index contributed by atoms with van der Waals surface area (Å²) >= 11 is 0. The van der Waals surface area contributed by atoms with Crippen LogP contribution in [0.5, 0.6) is 5.75 Å². The van der Waals surface area contributed by atoms with Crippen LogP contribution in [0.15, 0.2) is 132 Å². The predicted molar refractivity (Wildman–Crippen MR) is 175 cm³/mol. The molecule has 5 aromatic carbocycles. The first-order valence-electron chi connectivity index (χ1n) is 14.6. The van der Waals surface area contributed by atoms with Crippen molar-refractivity contribution in [2.75, 3.05) is 12.1 Å². The molecule has 0 saturated carbocycles. The van der Waals surface area contributed by atoms with Crippen molar-refractivity contribution in [1.29, 1.82) is 0 Å². The van der Waals surface area contributed by atoms with Gasteiger partial charge in [-0.1, -0.05) is 102 Å². The standard InChI is InChI=1S/C39H32N2O2/c1-26-13-17-28(18-14-26)25-34-33-11-7-8-12-35(33)39(38(34)42)36(29-19-15-27(2)16-20-29)37(30-21-23-32(43-3)24-22-30)40-41(39)31-9-5-4-6-10-31/h4-25,36H,1-3H3/b34-25+/t36-,39+/m1/s1. The second-order valence-corrected chi connectivity index (χ2v) is 11.3. The number of hydrazone groups is 1. The van der Waals surface area contributed by atoms with Crippen molar-refractivity contribution in [3.05, 3.63) is 166 Å². The lowest BCUT2D eigenvalue weighted by atomic mass is 9.71. The van der Waals surface area contributed by atoms with Crippen LogP contribution in [0, 0.1) is 13.8 Å². The van der Waals surface area contributed by atoms with Crippen LogP contribution >= 0.6 is 0 Å². The third kappa shape index (κ3) is 4.29. The van der Waals surface area contributed by atoms with E-state index < -0.39 is 5.54 Å². The molecule has 210 valence electrons. The van der Waals surface area contributed by atoms with Gasteiger partial charge in [0, 0.05) is 5.57 Å². The van der Waals surface area contributed by atoms with E-state index in [1.165, 1.54) is 5.56 Å². The van der Waals surface area contributed by atoms with Crippen molar-refractivity contribution in [3.63, 3.8) is 0 Å². The van der Waals surface area contributed by atoms with E-state index in [1.54, 1.807) is 7.11 Å². The second-order valence-electron chi connectivity index (χ2n) is 11.3. The number of aryl methyl sites for hydroxylation is 2. The fraction of sp³-hybridized carbons (Fsp3) is 0.128. The number of hydrogen-bond acceptors (Lipinski definition) is 4. The number of carbonyl (C=O) groups is 1. The lowest BCUT2D eigenvalue weighted by molar-refractivity contribution is -0.118. The molecule has 43 heavy (non-hydrogen) atoms. The number of methoxy groups -OCH3 is 1. The van der Waals surface area contributed by atoms with Gasteiger partial charge in [-0.2, -0.15) is 5.10 Å². The number of anilines is 1. The number of fused-ring (bicyclic) bond motifs is 2. The van der Waals surface area contributed by atoms with Gasteiger partial charge in [-0.3, -0.25) is 4.79 Å².